The van der Waals surface area contributed by atoms with Crippen molar-refractivity contribution in [2.75, 3.05) is 39.5 Å². The molecule has 0 aromatic heterocycles. The highest BCUT2D eigenvalue weighted by Gasteiger charge is 2.17. The van der Waals surface area contributed by atoms with Crippen LogP contribution in [0.1, 0.15) is 18.4 Å². The van der Waals surface area contributed by atoms with Crippen LogP contribution in [0.4, 0.5) is 0 Å². The maximum Gasteiger partial charge on any atom is 0.0900 e. The van der Waals surface area contributed by atoms with Crippen molar-refractivity contribution in [2.24, 2.45) is 0 Å². The summed E-state index contributed by atoms with van der Waals surface area (Å²) >= 11 is 0. The van der Waals surface area contributed by atoms with Crippen molar-refractivity contribution in [1.82, 2.24) is 4.90 Å². The summed E-state index contributed by atoms with van der Waals surface area (Å²) in [5.41, 5.74) is 1.17. The van der Waals surface area contributed by atoms with Gasteiger partial charge in [-0.05, 0) is 18.4 Å². The molecule has 1 aliphatic rings. The Bertz CT molecular complexity index is 395. The van der Waals surface area contributed by atoms with E-state index in [-0.39, 0.29) is 12.7 Å². The molecule has 1 heterocycles. The third-order valence-electron chi connectivity index (χ3n) is 3.77. The fourth-order valence-corrected chi connectivity index (χ4v) is 2.68. The van der Waals surface area contributed by atoms with E-state index in [2.05, 4.69) is 0 Å². The van der Waals surface area contributed by atoms with E-state index in [0.29, 0.717) is 32.8 Å². The lowest BCUT2D eigenvalue weighted by Crippen LogP contribution is -2.36. The Labute approximate surface area is 132 Å². The molecular formula is C17H27NO4. The van der Waals surface area contributed by atoms with E-state index in [1.54, 1.807) is 0 Å². The Morgan fingerprint density at radius 2 is 2.14 bits per heavy atom. The molecule has 2 N–H and O–H groups in total. The largest absolute Gasteiger partial charge is 0.395 e. The number of hydrogen-bond acceptors (Lipinski definition) is 5. The Kier molecular flexibility index (Phi) is 7.83. The molecule has 1 fully saturated rings. The Morgan fingerprint density at radius 1 is 1.32 bits per heavy atom. The van der Waals surface area contributed by atoms with E-state index in [1.807, 2.05) is 35.2 Å². The van der Waals surface area contributed by atoms with Gasteiger partial charge in [-0.1, -0.05) is 30.3 Å². The summed E-state index contributed by atoms with van der Waals surface area (Å²) in [5, 5.41) is 19.3. The molecule has 0 aliphatic carbocycles. The second-order valence-electron chi connectivity index (χ2n) is 5.77. The summed E-state index contributed by atoms with van der Waals surface area (Å²) in [7, 11) is 0. The standard InChI is InChI=1S/C17H27NO4/c19-9-8-18(11-15-5-2-1-3-6-15)12-16(20)13-21-14-17-7-4-10-22-17/h1-3,5-6,16-17,19-20H,4,7-14H2/t16-,17+/m0/s1. The first-order valence-corrected chi connectivity index (χ1v) is 8.02. The molecule has 0 saturated carbocycles. The summed E-state index contributed by atoms with van der Waals surface area (Å²) in [6, 6.07) is 10.1. The monoisotopic (exact) mass is 309 g/mol. The van der Waals surface area contributed by atoms with Gasteiger partial charge >= 0.3 is 0 Å². The van der Waals surface area contributed by atoms with Gasteiger partial charge in [0.05, 0.1) is 32.0 Å². The lowest BCUT2D eigenvalue weighted by molar-refractivity contribution is -0.0267. The van der Waals surface area contributed by atoms with Gasteiger partial charge in [0, 0.05) is 26.2 Å². The number of hydrogen-bond donors (Lipinski definition) is 2. The van der Waals surface area contributed by atoms with Crippen LogP contribution in [-0.4, -0.2) is 66.8 Å². The van der Waals surface area contributed by atoms with E-state index in [9.17, 15) is 10.2 Å². The molecule has 1 aromatic rings. The normalized spacial score (nSPS) is 19.7. The SMILES string of the molecule is OCCN(Cc1ccccc1)C[C@H](O)COC[C@H]1CCCO1. The van der Waals surface area contributed by atoms with Crippen molar-refractivity contribution in [3.8, 4) is 0 Å². The number of aliphatic hydroxyl groups is 2. The first-order chi connectivity index (χ1) is 10.8. The summed E-state index contributed by atoms with van der Waals surface area (Å²) in [4.78, 5) is 2.04. The van der Waals surface area contributed by atoms with Crippen LogP contribution in [0.25, 0.3) is 0 Å². The second-order valence-corrected chi connectivity index (χ2v) is 5.77. The minimum atomic E-state index is -0.559. The van der Waals surface area contributed by atoms with Crippen LogP contribution >= 0.6 is 0 Å². The molecule has 0 spiro atoms. The maximum absolute atomic E-state index is 10.1. The van der Waals surface area contributed by atoms with Gasteiger partial charge in [-0.25, -0.2) is 0 Å². The number of rotatable bonds is 10. The van der Waals surface area contributed by atoms with Gasteiger partial charge in [0.2, 0.25) is 0 Å². The number of ether oxygens (including phenoxy) is 2. The van der Waals surface area contributed by atoms with Gasteiger partial charge in [-0.3, -0.25) is 4.90 Å². The first-order valence-electron chi connectivity index (χ1n) is 8.02. The molecule has 1 saturated heterocycles. The lowest BCUT2D eigenvalue weighted by atomic mass is 10.2. The smallest absolute Gasteiger partial charge is 0.0900 e. The maximum atomic E-state index is 10.1. The van der Waals surface area contributed by atoms with E-state index >= 15 is 0 Å². The minimum absolute atomic E-state index is 0.0797. The third-order valence-corrected chi connectivity index (χ3v) is 3.77. The third kappa shape index (κ3) is 6.42. The van der Waals surface area contributed by atoms with Crippen molar-refractivity contribution >= 4 is 0 Å². The number of aliphatic hydroxyl groups excluding tert-OH is 2. The topological polar surface area (TPSA) is 62.2 Å². The van der Waals surface area contributed by atoms with E-state index < -0.39 is 6.10 Å². The average molecular weight is 309 g/mol. The zero-order valence-corrected chi connectivity index (χ0v) is 13.1. The molecule has 5 heteroatoms. The van der Waals surface area contributed by atoms with Crippen LogP contribution in [0, 0.1) is 0 Å². The molecular weight excluding hydrogens is 282 g/mol. The summed E-state index contributed by atoms with van der Waals surface area (Å²) in [6.07, 6.45) is 1.76. The molecule has 0 radical (unpaired) electrons. The highest BCUT2D eigenvalue weighted by atomic mass is 16.5. The van der Waals surface area contributed by atoms with Crippen molar-refractivity contribution in [2.45, 2.75) is 31.6 Å². The fourth-order valence-electron chi connectivity index (χ4n) is 2.68. The van der Waals surface area contributed by atoms with Crippen LogP contribution < -0.4 is 0 Å². The quantitative estimate of drug-likeness (QED) is 0.676. The molecule has 0 amide bonds. The highest BCUT2D eigenvalue weighted by Crippen LogP contribution is 2.12. The predicted octanol–water partition coefficient (Wildman–Crippen LogP) is 1.04. The zero-order valence-electron chi connectivity index (χ0n) is 13.1. The summed E-state index contributed by atoms with van der Waals surface area (Å²) in [6.45, 7) is 3.49. The Hall–Kier alpha value is -0.980. The van der Waals surface area contributed by atoms with Crippen LogP contribution in [0.3, 0.4) is 0 Å². The fraction of sp³-hybridized carbons (Fsp3) is 0.647. The molecule has 5 nitrogen and oxygen atoms in total. The van der Waals surface area contributed by atoms with Crippen LogP contribution in [-0.2, 0) is 16.0 Å². The van der Waals surface area contributed by atoms with Gasteiger partial charge in [0.15, 0.2) is 0 Å². The molecule has 1 aromatic carbocycles. The van der Waals surface area contributed by atoms with Gasteiger partial charge in [0.25, 0.3) is 0 Å². The summed E-state index contributed by atoms with van der Waals surface area (Å²) < 4.78 is 11.0. The molecule has 0 unspecified atom stereocenters. The van der Waals surface area contributed by atoms with Crippen molar-refractivity contribution < 1.29 is 19.7 Å². The molecule has 2 rings (SSSR count). The van der Waals surface area contributed by atoms with E-state index in [1.165, 1.54) is 5.56 Å². The highest BCUT2D eigenvalue weighted by molar-refractivity contribution is 5.14. The summed E-state index contributed by atoms with van der Waals surface area (Å²) in [5.74, 6) is 0. The number of benzene rings is 1. The van der Waals surface area contributed by atoms with Gasteiger partial charge < -0.3 is 19.7 Å². The van der Waals surface area contributed by atoms with E-state index in [4.69, 9.17) is 9.47 Å². The Balaban J connectivity index is 1.69. The van der Waals surface area contributed by atoms with Crippen LogP contribution in [0.5, 0.6) is 0 Å². The zero-order chi connectivity index (χ0) is 15.6. The van der Waals surface area contributed by atoms with Gasteiger partial charge in [-0.15, -0.1) is 0 Å². The molecule has 22 heavy (non-hydrogen) atoms. The van der Waals surface area contributed by atoms with Gasteiger partial charge in [-0.2, -0.15) is 0 Å². The second kappa shape index (κ2) is 9.92. The van der Waals surface area contributed by atoms with Crippen LogP contribution in [0.2, 0.25) is 0 Å². The van der Waals surface area contributed by atoms with Crippen molar-refractivity contribution in [3.63, 3.8) is 0 Å². The van der Waals surface area contributed by atoms with Crippen LogP contribution in [0.15, 0.2) is 30.3 Å². The predicted molar refractivity (Wildman–Crippen MR) is 84.6 cm³/mol. The number of nitrogens with zero attached hydrogens (tertiary/aromatic N) is 1. The van der Waals surface area contributed by atoms with Crippen molar-refractivity contribution in [3.05, 3.63) is 35.9 Å². The van der Waals surface area contributed by atoms with Crippen molar-refractivity contribution in [1.29, 1.82) is 0 Å². The minimum Gasteiger partial charge on any atom is -0.395 e. The van der Waals surface area contributed by atoms with E-state index in [0.717, 1.165) is 19.4 Å². The average Bonchev–Trinajstić information content (AvgIpc) is 3.02. The Morgan fingerprint density at radius 3 is 2.82 bits per heavy atom. The molecule has 124 valence electrons. The lowest BCUT2D eigenvalue weighted by Gasteiger charge is -2.24. The molecule has 1 aliphatic heterocycles. The molecule has 2 atom stereocenters. The van der Waals surface area contributed by atoms with Gasteiger partial charge in [0.1, 0.15) is 0 Å². The first kappa shape index (κ1) is 17.4. The molecule has 0 bridgehead atoms.